The second kappa shape index (κ2) is 4.25. The molecule has 2 rings (SSSR count). The van der Waals surface area contributed by atoms with Crippen LogP contribution in [0.3, 0.4) is 0 Å². The van der Waals surface area contributed by atoms with Crippen molar-refractivity contribution in [3.8, 4) is 0 Å². The highest BCUT2D eigenvalue weighted by atomic mass is 16.5. The van der Waals surface area contributed by atoms with Crippen LogP contribution in [0.25, 0.3) is 5.52 Å². The standard InChI is InChI=1S/C11H10N2O4/c1-17-11(16)10-7-4-2-3-5-13(7)8(12-10)6-9(14)15/h2-5H,6H2,1H3,(H,14,15). The Kier molecular flexibility index (Phi) is 2.78. The number of fused-ring (bicyclic) bond motifs is 1. The molecule has 88 valence electrons. The second-order valence-electron chi connectivity index (χ2n) is 3.39. The van der Waals surface area contributed by atoms with Crippen molar-refractivity contribution < 1.29 is 19.4 Å². The SMILES string of the molecule is COC(=O)c1nc(CC(=O)O)n2ccccc12. The average Bonchev–Trinajstić information content (AvgIpc) is 2.67. The zero-order chi connectivity index (χ0) is 12.4. The van der Waals surface area contributed by atoms with E-state index in [1.54, 1.807) is 28.8 Å². The largest absolute Gasteiger partial charge is 0.481 e. The Bertz CT molecular complexity index is 588. The summed E-state index contributed by atoms with van der Waals surface area (Å²) in [5.74, 6) is -1.28. The number of imidazole rings is 1. The van der Waals surface area contributed by atoms with Gasteiger partial charge in [-0.25, -0.2) is 9.78 Å². The predicted octanol–water partition coefficient (Wildman–Crippen LogP) is 0.748. The molecular weight excluding hydrogens is 224 g/mol. The molecule has 1 N–H and O–H groups in total. The van der Waals surface area contributed by atoms with Crippen molar-refractivity contribution >= 4 is 17.5 Å². The van der Waals surface area contributed by atoms with Gasteiger partial charge in [-0.2, -0.15) is 0 Å². The van der Waals surface area contributed by atoms with Crippen molar-refractivity contribution in [2.24, 2.45) is 0 Å². The van der Waals surface area contributed by atoms with Gasteiger partial charge >= 0.3 is 11.9 Å². The van der Waals surface area contributed by atoms with Gasteiger partial charge in [-0.3, -0.25) is 4.79 Å². The Balaban J connectivity index is 2.62. The van der Waals surface area contributed by atoms with E-state index in [0.717, 1.165) is 0 Å². The van der Waals surface area contributed by atoms with Crippen LogP contribution in [-0.4, -0.2) is 33.5 Å². The van der Waals surface area contributed by atoms with Crippen LogP contribution in [-0.2, 0) is 16.0 Å². The van der Waals surface area contributed by atoms with Gasteiger partial charge in [-0.1, -0.05) is 6.07 Å². The number of carboxylic acids is 1. The molecule has 0 aliphatic carbocycles. The van der Waals surface area contributed by atoms with Crippen molar-refractivity contribution in [1.29, 1.82) is 0 Å². The first-order valence-corrected chi connectivity index (χ1v) is 4.89. The number of aromatic nitrogens is 2. The molecule has 0 radical (unpaired) electrons. The zero-order valence-electron chi connectivity index (χ0n) is 9.08. The van der Waals surface area contributed by atoms with Gasteiger partial charge in [0.1, 0.15) is 12.2 Å². The van der Waals surface area contributed by atoms with Crippen LogP contribution in [0, 0.1) is 0 Å². The van der Waals surface area contributed by atoms with Crippen molar-refractivity contribution in [1.82, 2.24) is 9.38 Å². The molecule has 0 aromatic carbocycles. The van der Waals surface area contributed by atoms with Crippen LogP contribution in [0.1, 0.15) is 16.3 Å². The first kappa shape index (κ1) is 11.1. The molecular formula is C11H10N2O4. The minimum absolute atomic E-state index is 0.129. The Labute approximate surface area is 96.5 Å². The van der Waals surface area contributed by atoms with Crippen LogP contribution >= 0.6 is 0 Å². The van der Waals surface area contributed by atoms with Gasteiger partial charge in [0.15, 0.2) is 5.69 Å². The Morgan fingerprint density at radius 2 is 2.24 bits per heavy atom. The second-order valence-corrected chi connectivity index (χ2v) is 3.39. The summed E-state index contributed by atoms with van der Waals surface area (Å²) in [4.78, 5) is 26.2. The maximum absolute atomic E-state index is 11.5. The molecule has 0 aliphatic heterocycles. The number of ether oxygens (including phenoxy) is 1. The minimum Gasteiger partial charge on any atom is -0.481 e. The maximum Gasteiger partial charge on any atom is 0.358 e. The number of carboxylic acid groups (broad SMARTS) is 1. The quantitative estimate of drug-likeness (QED) is 0.792. The average molecular weight is 234 g/mol. The lowest BCUT2D eigenvalue weighted by Crippen LogP contribution is -2.05. The third-order valence-corrected chi connectivity index (χ3v) is 2.31. The molecule has 6 nitrogen and oxygen atoms in total. The number of esters is 1. The first-order valence-electron chi connectivity index (χ1n) is 4.89. The molecule has 0 unspecified atom stereocenters. The third kappa shape index (κ3) is 1.96. The number of nitrogens with zero attached hydrogens (tertiary/aromatic N) is 2. The number of methoxy groups -OCH3 is 1. The van der Waals surface area contributed by atoms with E-state index in [1.165, 1.54) is 7.11 Å². The molecule has 2 heterocycles. The molecule has 17 heavy (non-hydrogen) atoms. The van der Waals surface area contributed by atoms with E-state index in [0.29, 0.717) is 11.3 Å². The van der Waals surface area contributed by atoms with Crippen LogP contribution in [0.4, 0.5) is 0 Å². The van der Waals surface area contributed by atoms with Gasteiger partial charge in [-0.15, -0.1) is 0 Å². The summed E-state index contributed by atoms with van der Waals surface area (Å²) in [5, 5.41) is 8.76. The van der Waals surface area contributed by atoms with Gasteiger partial charge in [0.25, 0.3) is 0 Å². The van der Waals surface area contributed by atoms with E-state index in [1.807, 2.05) is 0 Å². The van der Waals surface area contributed by atoms with Gasteiger partial charge in [0, 0.05) is 6.20 Å². The number of carbonyl (C=O) groups excluding carboxylic acids is 1. The van der Waals surface area contributed by atoms with Crippen molar-refractivity contribution in [3.05, 3.63) is 35.9 Å². The Morgan fingerprint density at radius 1 is 1.47 bits per heavy atom. The lowest BCUT2D eigenvalue weighted by atomic mass is 10.3. The summed E-state index contributed by atoms with van der Waals surface area (Å²) in [6, 6.07) is 5.17. The normalized spacial score (nSPS) is 10.4. The topological polar surface area (TPSA) is 80.9 Å². The summed E-state index contributed by atoms with van der Waals surface area (Å²) in [6.07, 6.45) is 1.41. The van der Waals surface area contributed by atoms with E-state index in [4.69, 9.17) is 5.11 Å². The van der Waals surface area contributed by atoms with E-state index < -0.39 is 11.9 Å². The van der Waals surface area contributed by atoms with Crippen molar-refractivity contribution in [2.45, 2.75) is 6.42 Å². The van der Waals surface area contributed by atoms with E-state index in [9.17, 15) is 9.59 Å². The first-order chi connectivity index (χ1) is 8.13. The molecule has 0 bridgehead atoms. The summed E-state index contributed by atoms with van der Waals surface area (Å²) in [5.41, 5.74) is 0.667. The highest BCUT2D eigenvalue weighted by Crippen LogP contribution is 2.14. The predicted molar refractivity (Wildman–Crippen MR) is 57.9 cm³/mol. The molecule has 0 saturated carbocycles. The van der Waals surface area contributed by atoms with Gasteiger partial charge in [0.2, 0.25) is 0 Å². The number of carbonyl (C=O) groups is 2. The highest BCUT2D eigenvalue weighted by Gasteiger charge is 2.18. The zero-order valence-corrected chi connectivity index (χ0v) is 9.08. The van der Waals surface area contributed by atoms with Crippen molar-refractivity contribution in [3.63, 3.8) is 0 Å². The Morgan fingerprint density at radius 3 is 2.88 bits per heavy atom. The summed E-state index contributed by atoms with van der Waals surface area (Å²) < 4.78 is 6.17. The van der Waals surface area contributed by atoms with E-state index in [2.05, 4.69) is 9.72 Å². The van der Waals surface area contributed by atoms with Gasteiger partial charge in [-0.05, 0) is 12.1 Å². The van der Waals surface area contributed by atoms with Crippen LogP contribution < -0.4 is 0 Å². The molecule has 0 saturated heterocycles. The smallest absolute Gasteiger partial charge is 0.358 e. The van der Waals surface area contributed by atoms with Gasteiger partial charge < -0.3 is 14.2 Å². The fourth-order valence-electron chi connectivity index (χ4n) is 1.61. The fourth-order valence-corrected chi connectivity index (χ4v) is 1.61. The fraction of sp³-hybridized carbons (Fsp3) is 0.182. The van der Waals surface area contributed by atoms with Crippen LogP contribution in [0.15, 0.2) is 24.4 Å². The summed E-state index contributed by atoms with van der Waals surface area (Å²) in [6.45, 7) is 0. The maximum atomic E-state index is 11.5. The molecule has 2 aromatic heterocycles. The number of rotatable bonds is 3. The lowest BCUT2D eigenvalue weighted by Gasteiger charge is -1.97. The van der Waals surface area contributed by atoms with E-state index in [-0.39, 0.29) is 12.1 Å². The van der Waals surface area contributed by atoms with Crippen molar-refractivity contribution in [2.75, 3.05) is 7.11 Å². The molecule has 0 spiro atoms. The monoisotopic (exact) mass is 234 g/mol. The van der Waals surface area contributed by atoms with E-state index >= 15 is 0 Å². The highest BCUT2D eigenvalue weighted by molar-refractivity contribution is 5.95. The minimum atomic E-state index is -1.00. The van der Waals surface area contributed by atoms with Crippen LogP contribution in [0.5, 0.6) is 0 Å². The number of hydrogen-bond acceptors (Lipinski definition) is 4. The number of aliphatic carboxylic acids is 1. The van der Waals surface area contributed by atoms with Gasteiger partial charge in [0.05, 0.1) is 12.6 Å². The lowest BCUT2D eigenvalue weighted by molar-refractivity contribution is -0.136. The molecule has 0 fully saturated rings. The molecule has 2 aromatic rings. The number of hydrogen-bond donors (Lipinski definition) is 1. The summed E-state index contributed by atoms with van der Waals surface area (Å²) in [7, 11) is 1.26. The molecule has 0 aliphatic rings. The summed E-state index contributed by atoms with van der Waals surface area (Å²) >= 11 is 0. The van der Waals surface area contributed by atoms with Crippen LogP contribution in [0.2, 0.25) is 0 Å². The number of pyridine rings is 1. The molecule has 0 atom stereocenters. The molecule has 0 amide bonds. The third-order valence-electron chi connectivity index (χ3n) is 2.31. The molecule has 6 heteroatoms. The Hall–Kier alpha value is -2.37.